The van der Waals surface area contributed by atoms with Crippen molar-refractivity contribution in [1.29, 1.82) is 0 Å². The van der Waals surface area contributed by atoms with Crippen molar-refractivity contribution < 1.29 is 23.2 Å². The van der Waals surface area contributed by atoms with Crippen molar-refractivity contribution in [3.05, 3.63) is 23.3 Å². The van der Waals surface area contributed by atoms with E-state index in [1.165, 1.54) is 60.8 Å². The van der Waals surface area contributed by atoms with E-state index in [2.05, 4.69) is 33.2 Å². The van der Waals surface area contributed by atoms with Gasteiger partial charge in [0, 0.05) is 24.3 Å². The van der Waals surface area contributed by atoms with Gasteiger partial charge < -0.3 is 23.2 Å². The van der Waals surface area contributed by atoms with Crippen LogP contribution in [0.4, 0.5) is 0 Å². The lowest BCUT2D eigenvalue weighted by atomic mass is 9.82. The Kier molecular flexibility index (Phi) is 6.85. The van der Waals surface area contributed by atoms with Crippen molar-refractivity contribution in [2.75, 3.05) is 61.1 Å². The molecule has 5 nitrogen and oxygen atoms in total. The fraction of sp³-hybridized carbons (Fsp3) is 0.769. The van der Waals surface area contributed by atoms with Crippen LogP contribution in [0, 0.1) is 5.92 Å². The molecule has 1 aromatic carbocycles. The van der Waals surface area contributed by atoms with Gasteiger partial charge in [-0.1, -0.05) is 0 Å². The minimum atomic E-state index is 0.288. The highest BCUT2D eigenvalue weighted by atomic mass is 16.5. The molecule has 174 valence electrons. The van der Waals surface area contributed by atoms with Crippen LogP contribution in [0.3, 0.4) is 0 Å². The fourth-order valence-electron chi connectivity index (χ4n) is 6.77. The van der Waals surface area contributed by atoms with Gasteiger partial charge in [0.25, 0.3) is 0 Å². The van der Waals surface area contributed by atoms with Crippen LogP contribution in [0.2, 0.25) is 0 Å². The molecular weight excluding hydrogens is 388 g/mol. The molecule has 0 radical (unpaired) electrons. The largest absolute Gasteiger partial charge is 0.493 e. The zero-order valence-corrected chi connectivity index (χ0v) is 20.5. The van der Waals surface area contributed by atoms with E-state index in [9.17, 15) is 0 Å². The maximum absolute atomic E-state index is 6.54. The number of methoxy groups -OCH3 is 2. The molecule has 0 aromatic heterocycles. The van der Waals surface area contributed by atoms with Crippen molar-refractivity contribution in [2.45, 2.75) is 64.1 Å². The number of rotatable bonds is 7. The summed E-state index contributed by atoms with van der Waals surface area (Å²) in [6, 6.07) is 5.17. The summed E-state index contributed by atoms with van der Waals surface area (Å²) in [7, 11) is 8.32. The van der Waals surface area contributed by atoms with Gasteiger partial charge in [0.2, 0.25) is 0 Å². The summed E-state index contributed by atoms with van der Waals surface area (Å²) in [4.78, 5) is 0. The van der Waals surface area contributed by atoms with Gasteiger partial charge in [-0.3, -0.25) is 0 Å². The van der Waals surface area contributed by atoms with Gasteiger partial charge in [-0.2, -0.15) is 0 Å². The van der Waals surface area contributed by atoms with Crippen LogP contribution in [-0.2, 0) is 17.7 Å². The van der Waals surface area contributed by atoms with Crippen molar-refractivity contribution >= 4 is 0 Å². The number of piperidine rings is 2. The number of quaternary nitrogens is 2. The molecule has 1 aromatic rings. The van der Waals surface area contributed by atoms with E-state index in [0.717, 1.165) is 60.6 Å². The van der Waals surface area contributed by atoms with Crippen molar-refractivity contribution in [3.63, 3.8) is 0 Å². The highest BCUT2D eigenvalue weighted by Gasteiger charge is 2.43. The summed E-state index contributed by atoms with van der Waals surface area (Å²) in [5, 5.41) is 0. The highest BCUT2D eigenvalue weighted by molar-refractivity contribution is 5.47. The molecule has 2 unspecified atom stereocenters. The van der Waals surface area contributed by atoms with Gasteiger partial charge in [0.15, 0.2) is 11.5 Å². The normalized spacial score (nSPS) is 33.8. The number of hydrogen-bond donors (Lipinski definition) is 0. The summed E-state index contributed by atoms with van der Waals surface area (Å²) >= 11 is 0. The topological polar surface area (TPSA) is 27.7 Å². The number of fused-ring (bicyclic) bond motifs is 2. The van der Waals surface area contributed by atoms with E-state index >= 15 is 0 Å². The Hall–Kier alpha value is -1.30. The lowest BCUT2D eigenvalue weighted by Gasteiger charge is -2.51. The average Bonchev–Trinajstić information content (AvgIpc) is 2.75. The van der Waals surface area contributed by atoms with Crippen molar-refractivity contribution in [3.8, 4) is 11.5 Å². The third kappa shape index (κ3) is 4.89. The lowest BCUT2D eigenvalue weighted by molar-refractivity contribution is -0.947. The highest BCUT2D eigenvalue weighted by Crippen LogP contribution is 2.37. The molecule has 31 heavy (non-hydrogen) atoms. The van der Waals surface area contributed by atoms with E-state index in [-0.39, 0.29) is 6.10 Å². The molecule has 0 spiro atoms. The summed E-state index contributed by atoms with van der Waals surface area (Å²) in [5.74, 6) is 2.42. The van der Waals surface area contributed by atoms with Gasteiger partial charge in [0.1, 0.15) is 19.2 Å². The Bertz CT molecular complexity index is 765. The van der Waals surface area contributed by atoms with Crippen LogP contribution < -0.4 is 9.47 Å². The summed E-state index contributed by atoms with van der Waals surface area (Å²) in [5.41, 5.74) is 2.79. The molecule has 2 fully saturated rings. The van der Waals surface area contributed by atoms with Gasteiger partial charge in [-0.25, -0.2) is 0 Å². The lowest BCUT2D eigenvalue weighted by Crippen LogP contribution is -2.61. The zero-order valence-electron chi connectivity index (χ0n) is 20.5. The van der Waals surface area contributed by atoms with Crippen molar-refractivity contribution in [1.82, 2.24) is 0 Å². The molecule has 5 heteroatoms. The van der Waals surface area contributed by atoms with Crippen LogP contribution in [0.25, 0.3) is 0 Å². The molecule has 0 bridgehead atoms. The zero-order chi connectivity index (χ0) is 22.1. The molecule has 0 N–H and O–H groups in total. The Balaban J connectivity index is 1.35. The number of benzene rings is 1. The first-order chi connectivity index (χ1) is 14.9. The van der Waals surface area contributed by atoms with Crippen LogP contribution in [0.1, 0.15) is 50.2 Å². The molecule has 4 rings (SSSR count). The van der Waals surface area contributed by atoms with Gasteiger partial charge in [-0.05, 0) is 50.3 Å². The fourth-order valence-corrected chi connectivity index (χ4v) is 6.77. The van der Waals surface area contributed by atoms with Crippen LogP contribution in [0.15, 0.2) is 12.1 Å². The Morgan fingerprint density at radius 1 is 0.935 bits per heavy atom. The summed E-state index contributed by atoms with van der Waals surface area (Å²) < 4.78 is 19.9. The predicted molar refractivity (Wildman–Crippen MR) is 125 cm³/mol. The minimum Gasteiger partial charge on any atom is -0.493 e. The maximum atomic E-state index is 6.54. The van der Waals surface area contributed by atoms with Gasteiger partial charge in [-0.15, -0.1) is 0 Å². The standard InChI is InChI=1S/C26H44N2O3/c1-20(31-19-22-9-8-13-28(3)12-7-6-10-24(22)28)17-27(2)14-11-21-15-25(29-4)26(30-5)16-23(21)18-27/h15-16,20,22,24H,6-14,17-19H2,1-5H3/q+2/t20-,22-,24+,27?,28?/m0/s1. The molecule has 0 saturated carbocycles. The summed E-state index contributed by atoms with van der Waals surface area (Å²) in [6.07, 6.45) is 8.31. The molecule has 3 aliphatic heterocycles. The predicted octanol–water partition coefficient (Wildman–Crippen LogP) is 4.02. The second-order valence-corrected chi connectivity index (χ2v) is 10.9. The van der Waals surface area contributed by atoms with Crippen LogP contribution in [0.5, 0.6) is 11.5 Å². The van der Waals surface area contributed by atoms with Crippen LogP contribution >= 0.6 is 0 Å². The second kappa shape index (κ2) is 9.29. The van der Waals surface area contributed by atoms with Crippen molar-refractivity contribution in [2.24, 2.45) is 5.92 Å². The Morgan fingerprint density at radius 3 is 2.39 bits per heavy atom. The third-order valence-electron chi connectivity index (χ3n) is 8.48. The number of likely N-dealkylation sites (N-methyl/N-ethyl adjacent to an activating group) is 1. The van der Waals surface area contributed by atoms with E-state index in [4.69, 9.17) is 14.2 Å². The number of ether oxygens (including phenoxy) is 3. The van der Waals surface area contributed by atoms with E-state index in [0.29, 0.717) is 0 Å². The van der Waals surface area contributed by atoms with Crippen LogP contribution in [-0.4, -0.2) is 82.2 Å². The summed E-state index contributed by atoms with van der Waals surface area (Å²) in [6.45, 7) is 9.23. The first kappa shape index (κ1) is 22.9. The molecule has 0 aliphatic carbocycles. The first-order valence-corrected chi connectivity index (χ1v) is 12.4. The molecule has 3 aliphatic rings. The third-order valence-corrected chi connectivity index (χ3v) is 8.48. The average molecular weight is 433 g/mol. The molecule has 0 amide bonds. The number of nitrogens with zero attached hydrogens (tertiary/aromatic N) is 2. The monoisotopic (exact) mass is 432 g/mol. The van der Waals surface area contributed by atoms with Gasteiger partial charge in [0.05, 0.1) is 60.6 Å². The van der Waals surface area contributed by atoms with E-state index in [1.54, 1.807) is 14.2 Å². The molecule has 5 atom stereocenters. The smallest absolute Gasteiger partial charge is 0.161 e. The molecular formula is C26H44N2O3+2. The maximum Gasteiger partial charge on any atom is 0.161 e. The Morgan fingerprint density at radius 2 is 1.65 bits per heavy atom. The minimum absolute atomic E-state index is 0.288. The first-order valence-electron chi connectivity index (χ1n) is 12.4. The van der Waals surface area contributed by atoms with Gasteiger partial charge >= 0.3 is 0 Å². The van der Waals surface area contributed by atoms with E-state index in [1.807, 2.05) is 0 Å². The SMILES string of the molecule is COc1cc2c(cc1OC)C[N+](C)(C[C@H](C)OC[C@@H]1CCC[N+]3(C)CCCC[C@H]13)CC2. The second-order valence-electron chi connectivity index (χ2n) is 10.9. The molecule has 2 saturated heterocycles. The van der Waals surface area contributed by atoms with E-state index < -0.39 is 0 Å². The number of hydrogen-bond acceptors (Lipinski definition) is 3. The quantitative estimate of drug-likeness (QED) is 0.609. The Labute approximate surface area is 189 Å². The molecule has 3 heterocycles.